The zero-order valence-electron chi connectivity index (χ0n) is 10.1. The molecule has 0 N–H and O–H groups in total. The molecule has 0 radical (unpaired) electrons. The van der Waals surface area contributed by atoms with Crippen LogP contribution in [0.2, 0.25) is 0 Å². The maximum Gasteiger partial charge on any atom is 0.159 e. The lowest BCUT2D eigenvalue weighted by Gasteiger charge is -2.06. The first-order chi connectivity index (χ1) is 8.24. The summed E-state index contributed by atoms with van der Waals surface area (Å²) in [5.74, 6) is 0.841. The number of carbonyl (C=O) groups is 1. The summed E-state index contributed by atoms with van der Waals surface area (Å²) in [5, 5.41) is 0. The van der Waals surface area contributed by atoms with E-state index in [9.17, 15) is 4.79 Å². The second kappa shape index (κ2) is 7.63. The minimum absolute atomic E-state index is 0.0642. The third kappa shape index (κ3) is 5.31. The van der Waals surface area contributed by atoms with Crippen molar-refractivity contribution in [1.82, 2.24) is 0 Å². The van der Waals surface area contributed by atoms with E-state index in [0.717, 1.165) is 12.2 Å². The van der Waals surface area contributed by atoms with Gasteiger partial charge in [-0.1, -0.05) is 6.08 Å². The van der Waals surface area contributed by atoms with Crippen LogP contribution in [-0.4, -0.2) is 25.6 Å². The molecule has 1 aromatic carbocycles. The smallest absolute Gasteiger partial charge is 0.159 e. The highest BCUT2D eigenvalue weighted by Crippen LogP contribution is 2.12. The van der Waals surface area contributed by atoms with Gasteiger partial charge in [0.2, 0.25) is 0 Å². The maximum absolute atomic E-state index is 11.1. The van der Waals surface area contributed by atoms with Crippen molar-refractivity contribution in [3.8, 4) is 5.75 Å². The Morgan fingerprint density at radius 1 is 1.29 bits per heavy atom. The molecule has 0 heterocycles. The lowest BCUT2D eigenvalue weighted by Crippen LogP contribution is -2.03. The van der Waals surface area contributed by atoms with Crippen LogP contribution < -0.4 is 4.74 Å². The summed E-state index contributed by atoms with van der Waals surface area (Å²) in [7, 11) is 0. The Kier molecular flexibility index (Phi) is 6.04. The molecule has 0 fully saturated rings. The Labute approximate surface area is 102 Å². The predicted molar refractivity (Wildman–Crippen MR) is 67.6 cm³/mol. The van der Waals surface area contributed by atoms with Crippen LogP contribution in [-0.2, 0) is 4.74 Å². The van der Waals surface area contributed by atoms with Crippen molar-refractivity contribution in [2.45, 2.75) is 13.3 Å². The first-order valence-electron chi connectivity index (χ1n) is 5.66. The highest BCUT2D eigenvalue weighted by Gasteiger charge is 1.99. The quantitative estimate of drug-likeness (QED) is 0.394. The summed E-state index contributed by atoms with van der Waals surface area (Å²) in [6.45, 7) is 6.96. The van der Waals surface area contributed by atoms with Gasteiger partial charge in [-0.3, -0.25) is 4.79 Å². The SMILES string of the molecule is C=CCOCCCOc1ccc(C(C)=O)cc1. The lowest BCUT2D eigenvalue weighted by molar-refractivity contribution is 0.101. The van der Waals surface area contributed by atoms with Crippen molar-refractivity contribution in [2.75, 3.05) is 19.8 Å². The molecule has 1 rings (SSSR count). The molecule has 0 bridgehead atoms. The fourth-order valence-corrected chi connectivity index (χ4v) is 1.30. The van der Waals surface area contributed by atoms with Crippen LogP contribution in [0.15, 0.2) is 36.9 Å². The number of hydrogen-bond donors (Lipinski definition) is 0. The number of benzene rings is 1. The summed E-state index contributed by atoms with van der Waals surface area (Å²) in [6, 6.07) is 7.15. The van der Waals surface area contributed by atoms with Crippen LogP contribution in [0.4, 0.5) is 0 Å². The molecule has 0 aliphatic carbocycles. The molecule has 92 valence electrons. The van der Waals surface area contributed by atoms with Crippen LogP contribution in [0.3, 0.4) is 0 Å². The van der Waals surface area contributed by atoms with Gasteiger partial charge in [0.15, 0.2) is 5.78 Å². The van der Waals surface area contributed by atoms with Gasteiger partial charge in [0, 0.05) is 12.0 Å². The van der Waals surface area contributed by atoms with E-state index in [2.05, 4.69) is 6.58 Å². The Bertz CT molecular complexity index is 354. The van der Waals surface area contributed by atoms with Gasteiger partial charge in [0.25, 0.3) is 0 Å². The number of carbonyl (C=O) groups excluding carboxylic acids is 1. The molecule has 3 heteroatoms. The average molecular weight is 234 g/mol. The Balaban J connectivity index is 2.23. The zero-order valence-corrected chi connectivity index (χ0v) is 10.1. The molecule has 0 unspecified atom stereocenters. The first kappa shape index (κ1) is 13.5. The molecule has 0 saturated carbocycles. The van der Waals surface area contributed by atoms with Crippen molar-refractivity contribution in [3.63, 3.8) is 0 Å². The van der Waals surface area contributed by atoms with E-state index in [1.54, 1.807) is 37.3 Å². The number of rotatable bonds is 8. The van der Waals surface area contributed by atoms with Crippen molar-refractivity contribution >= 4 is 5.78 Å². The standard InChI is InChI=1S/C14H18O3/c1-3-9-16-10-4-11-17-14-7-5-13(6-8-14)12(2)15/h3,5-8H,1,4,9-11H2,2H3. The summed E-state index contributed by atoms with van der Waals surface area (Å²) in [5.41, 5.74) is 0.701. The van der Waals surface area contributed by atoms with Gasteiger partial charge in [0.1, 0.15) is 5.75 Å². The van der Waals surface area contributed by atoms with Gasteiger partial charge in [0.05, 0.1) is 19.8 Å². The van der Waals surface area contributed by atoms with Crippen LogP contribution in [0, 0.1) is 0 Å². The molecule has 3 nitrogen and oxygen atoms in total. The third-order valence-corrected chi connectivity index (χ3v) is 2.20. The summed E-state index contributed by atoms with van der Waals surface area (Å²) in [6.07, 6.45) is 2.56. The molecule has 0 amide bonds. The van der Waals surface area contributed by atoms with Gasteiger partial charge in [-0.15, -0.1) is 6.58 Å². The van der Waals surface area contributed by atoms with E-state index >= 15 is 0 Å². The molecule has 0 aliphatic heterocycles. The lowest BCUT2D eigenvalue weighted by atomic mass is 10.1. The van der Waals surface area contributed by atoms with Crippen molar-refractivity contribution in [3.05, 3.63) is 42.5 Å². The maximum atomic E-state index is 11.1. The van der Waals surface area contributed by atoms with Crippen LogP contribution in [0.25, 0.3) is 0 Å². The van der Waals surface area contributed by atoms with Crippen LogP contribution in [0.1, 0.15) is 23.7 Å². The molecule has 0 saturated heterocycles. The monoisotopic (exact) mass is 234 g/mol. The van der Waals surface area contributed by atoms with Gasteiger partial charge >= 0.3 is 0 Å². The molecule has 0 aromatic heterocycles. The van der Waals surface area contributed by atoms with Crippen molar-refractivity contribution in [1.29, 1.82) is 0 Å². The van der Waals surface area contributed by atoms with Crippen LogP contribution in [0.5, 0.6) is 5.75 Å². The highest BCUT2D eigenvalue weighted by molar-refractivity contribution is 5.94. The highest BCUT2D eigenvalue weighted by atomic mass is 16.5. The molecule has 0 atom stereocenters. The summed E-state index contributed by atoms with van der Waals surface area (Å²) in [4.78, 5) is 11.1. The number of ketones is 1. The Morgan fingerprint density at radius 2 is 2.00 bits per heavy atom. The number of hydrogen-bond acceptors (Lipinski definition) is 3. The van der Waals surface area contributed by atoms with Crippen LogP contribution >= 0.6 is 0 Å². The van der Waals surface area contributed by atoms with Crippen molar-refractivity contribution in [2.24, 2.45) is 0 Å². The number of ether oxygens (including phenoxy) is 2. The summed E-state index contributed by atoms with van der Waals surface area (Å²) >= 11 is 0. The fourth-order valence-electron chi connectivity index (χ4n) is 1.30. The van der Waals surface area contributed by atoms with E-state index in [4.69, 9.17) is 9.47 Å². The minimum atomic E-state index is 0.0642. The third-order valence-electron chi connectivity index (χ3n) is 2.20. The molecule has 0 spiro atoms. The minimum Gasteiger partial charge on any atom is -0.494 e. The largest absolute Gasteiger partial charge is 0.494 e. The molecule has 17 heavy (non-hydrogen) atoms. The van der Waals surface area contributed by atoms with E-state index in [1.165, 1.54) is 0 Å². The second-order valence-electron chi connectivity index (χ2n) is 3.65. The van der Waals surface area contributed by atoms with E-state index in [1.807, 2.05) is 0 Å². The molecular weight excluding hydrogens is 216 g/mol. The topological polar surface area (TPSA) is 35.5 Å². The molecule has 1 aromatic rings. The second-order valence-corrected chi connectivity index (χ2v) is 3.65. The van der Waals surface area contributed by atoms with Crippen molar-refractivity contribution < 1.29 is 14.3 Å². The molecule has 0 aliphatic rings. The van der Waals surface area contributed by atoms with Gasteiger partial charge in [-0.25, -0.2) is 0 Å². The van der Waals surface area contributed by atoms with E-state index in [-0.39, 0.29) is 5.78 Å². The average Bonchev–Trinajstić information content (AvgIpc) is 2.34. The van der Waals surface area contributed by atoms with E-state index in [0.29, 0.717) is 25.4 Å². The summed E-state index contributed by atoms with van der Waals surface area (Å²) < 4.78 is 10.7. The van der Waals surface area contributed by atoms with Gasteiger partial charge < -0.3 is 9.47 Å². The van der Waals surface area contributed by atoms with E-state index < -0.39 is 0 Å². The first-order valence-corrected chi connectivity index (χ1v) is 5.66. The van der Waals surface area contributed by atoms with Gasteiger partial charge in [-0.2, -0.15) is 0 Å². The normalized spacial score (nSPS) is 9.94. The Morgan fingerprint density at radius 3 is 2.59 bits per heavy atom. The zero-order chi connectivity index (χ0) is 12.5. The van der Waals surface area contributed by atoms with Gasteiger partial charge in [-0.05, 0) is 31.2 Å². The fraction of sp³-hybridized carbons (Fsp3) is 0.357. The number of Topliss-reactive ketones (excluding diaryl/α,β-unsaturated/α-hetero) is 1. The predicted octanol–water partition coefficient (Wildman–Crippen LogP) is 2.86. The molecular formula is C14H18O3. The Hall–Kier alpha value is -1.61.